The molecule has 1 heterocycles. The van der Waals surface area contributed by atoms with Crippen molar-refractivity contribution in [2.24, 2.45) is 4.99 Å². The van der Waals surface area contributed by atoms with Gasteiger partial charge in [-0.2, -0.15) is 0 Å². The van der Waals surface area contributed by atoms with Gasteiger partial charge in [-0.05, 0) is 43.0 Å². The number of H-pyrrole nitrogens is 1. The van der Waals surface area contributed by atoms with Crippen LogP contribution in [0.25, 0.3) is 10.9 Å². The molecule has 3 rings (SSSR count). The summed E-state index contributed by atoms with van der Waals surface area (Å²) in [6, 6.07) is 5.82. The Hall–Kier alpha value is -1.81. The van der Waals surface area contributed by atoms with E-state index in [1.807, 2.05) is 32.3 Å². The second-order valence-electron chi connectivity index (χ2n) is 5.70. The fourth-order valence-corrected chi connectivity index (χ4v) is 3.12. The summed E-state index contributed by atoms with van der Waals surface area (Å²) in [5.41, 5.74) is 3.28. The lowest BCUT2D eigenvalue weighted by molar-refractivity contribution is -0.119. The van der Waals surface area contributed by atoms with Crippen LogP contribution in [-0.4, -0.2) is 36.2 Å². The third-order valence-corrected chi connectivity index (χ3v) is 4.12. The highest BCUT2D eigenvalue weighted by atomic mass is 35.5. The monoisotopic (exact) mass is 303 g/mol. The molecule has 1 aromatic carbocycles. The molecule has 2 aromatic rings. The number of hydrogen-bond donors (Lipinski definition) is 1. The number of aryl methyl sites for hydroxylation is 1. The van der Waals surface area contributed by atoms with E-state index >= 15 is 0 Å². The number of benzene rings is 1. The second-order valence-corrected chi connectivity index (χ2v) is 6.13. The van der Waals surface area contributed by atoms with Gasteiger partial charge in [0.2, 0.25) is 0 Å². The normalized spacial score (nSPS) is 18.1. The molecule has 0 unspecified atom stereocenters. The number of hydrogen-bond acceptors (Lipinski definition) is 1. The summed E-state index contributed by atoms with van der Waals surface area (Å²) in [6.07, 6.45) is 4.39. The summed E-state index contributed by atoms with van der Waals surface area (Å²) in [5, 5.41) is 1.86. The maximum absolute atomic E-state index is 12.3. The van der Waals surface area contributed by atoms with E-state index in [9.17, 15) is 4.79 Å². The summed E-state index contributed by atoms with van der Waals surface area (Å²) in [7, 11) is 3.71. The molecule has 1 N–H and O–H groups in total. The van der Waals surface area contributed by atoms with Gasteiger partial charge in [-0.15, -0.1) is 0 Å². The van der Waals surface area contributed by atoms with Gasteiger partial charge in [0, 0.05) is 35.7 Å². The van der Waals surface area contributed by atoms with Gasteiger partial charge in [-0.1, -0.05) is 11.6 Å². The number of halogens is 1. The largest absolute Gasteiger partial charge is 0.369 e. The van der Waals surface area contributed by atoms with Crippen LogP contribution in [0.4, 0.5) is 0 Å². The Labute approximate surface area is 128 Å². The highest BCUT2D eigenvalue weighted by Crippen LogP contribution is 2.37. The average Bonchev–Trinajstić information content (AvgIpc) is 2.82. The van der Waals surface area contributed by atoms with E-state index in [-0.39, 0.29) is 11.8 Å². The molecule has 0 fully saturated rings. The van der Waals surface area contributed by atoms with Crippen LogP contribution in [0.1, 0.15) is 30.0 Å². The SMILES string of the molecule is CN(C)C=NC(=O)[C@H]1CCCc2c1[nH]c1ccc(Cl)cc21. The van der Waals surface area contributed by atoms with Crippen molar-refractivity contribution in [3.8, 4) is 0 Å². The number of aromatic nitrogens is 1. The molecule has 0 spiro atoms. The Morgan fingerprint density at radius 2 is 2.29 bits per heavy atom. The first-order chi connectivity index (χ1) is 10.1. The Kier molecular flexibility index (Phi) is 3.72. The van der Waals surface area contributed by atoms with Crippen molar-refractivity contribution in [2.45, 2.75) is 25.2 Å². The molecule has 4 nitrogen and oxygen atoms in total. The predicted octanol–water partition coefficient (Wildman–Crippen LogP) is 3.36. The van der Waals surface area contributed by atoms with Gasteiger partial charge in [-0.3, -0.25) is 4.79 Å². The number of carbonyl (C=O) groups is 1. The molecule has 1 atom stereocenters. The zero-order valence-corrected chi connectivity index (χ0v) is 12.9. The maximum atomic E-state index is 12.3. The third-order valence-electron chi connectivity index (χ3n) is 3.88. The molecule has 0 radical (unpaired) electrons. The zero-order chi connectivity index (χ0) is 15.0. The fourth-order valence-electron chi connectivity index (χ4n) is 2.94. The molecule has 0 bridgehead atoms. The van der Waals surface area contributed by atoms with Gasteiger partial charge in [0.25, 0.3) is 5.91 Å². The minimum Gasteiger partial charge on any atom is -0.369 e. The van der Waals surface area contributed by atoms with E-state index in [0.717, 1.165) is 40.9 Å². The van der Waals surface area contributed by atoms with Gasteiger partial charge in [0.05, 0.1) is 12.3 Å². The lowest BCUT2D eigenvalue weighted by atomic mass is 9.86. The average molecular weight is 304 g/mol. The van der Waals surface area contributed by atoms with Gasteiger partial charge in [0.1, 0.15) is 0 Å². The van der Waals surface area contributed by atoms with Gasteiger partial charge in [-0.25, -0.2) is 4.99 Å². The molecule has 0 saturated carbocycles. The number of carbonyl (C=O) groups excluding carboxylic acids is 1. The minimum atomic E-state index is -0.170. The van der Waals surface area contributed by atoms with Crippen molar-refractivity contribution in [1.82, 2.24) is 9.88 Å². The van der Waals surface area contributed by atoms with Crippen LogP contribution in [-0.2, 0) is 11.2 Å². The topological polar surface area (TPSA) is 48.5 Å². The molecule has 0 saturated heterocycles. The van der Waals surface area contributed by atoms with Crippen molar-refractivity contribution in [1.29, 1.82) is 0 Å². The summed E-state index contributed by atoms with van der Waals surface area (Å²) < 4.78 is 0. The highest BCUT2D eigenvalue weighted by molar-refractivity contribution is 6.31. The molecular weight excluding hydrogens is 286 g/mol. The lowest BCUT2D eigenvalue weighted by Crippen LogP contribution is -2.18. The molecule has 21 heavy (non-hydrogen) atoms. The number of nitrogens with zero attached hydrogens (tertiary/aromatic N) is 2. The van der Waals surface area contributed by atoms with Crippen molar-refractivity contribution in [2.75, 3.05) is 14.1 Å². The van der Waals surface area contributed by atoms with Crippen LogP contribution in [0.3, 0.4) is 0 Å². The lowest BCUT2D eigenvalue weighted by Gasteiger charge is -2.19. The number of nitrogens with one attached hydrogen (secondary N) is 1. The van der Waals surface area contributed by atoms with E-state index in [1.165, 1.54) is 5.56 Å². The number of amides is 1. The summed E-state index contributed by atoms with van der Waals surface area (Å²) >= 11 is 6.09. The van der Waals surface area contributed by atoms with E-state index in [4.69, 9.17) is 11.6 Å². The summed E-state index contributed by atoms with van der Waals surface area (Å²) in [5.74, 6) is -0.251. The zero-order valence-electron chi connectivity index (χ0n) is 12.2. The minimum absolute atomic E-state index is 0.0812. The van der Waals surface area contributed by atoms with Crippen LogP contribution in [0, 0.1) is 0 Å². The first-order valence-electron chi connectivity index (χ1n) is 7.10. The Morgan fingerprint density at radius 1 is 1.48 bits per heavy atom. The Bertz CT molecular complexity index is 718. The molecule has 5 heteroatoms. The van der Waals surface area contributed by atoms with E-state index in [1.54, 1.807) is 11.2 Å². The van der Waals surface area contributed by atoms with Gasteiger partial charge < -0.3 is 9.88 Å². The van der Waals surface area contributed by atoms with E-state index in [0.29, 0.717) is 0 Å². The van der Waals surface area contributed by atoms with Crippen LogP contribution >= 0.6 is 11.6 Å². The van der Waals surface area contributed by atoms with Crippen LogP contribution in [0.2, 0.25) is 5.02 Å². The third kappa shape index (κ3) is 2.68. The van der Waals surface area contributed by atoms with E-state index in [2.05, 4.69) is 9.98 Å². The standard InChI is InChI=1S/C16H18ClN3O/c1-20(2)9-18-16(21)12-5-3-4-11-13-8-10(17)6-7-14(13)19-15(11)12/h6-9,12,19H,3-5H2,1-2H3/t12-/m0/s1. The smallest absolute Gasteiger partial charge is 0.256 e. The summed E-state index contributed by atoms with van der Waals surface area (Å²) in [6.45, 7) is 0. The molecule has 1 aromatic heterocycles. The Morgan fingerprint density at radius 3 is 3.05 bits per heavy atom. The van der Waals surface area contributed by atoms with E-state index < -0.39 is 0 Å². The number of fused-ring (bicyclic) bond motifs is 3. The molecule has 0 aliphatic heterocycles. The molecule has 1 aliphatic carbocycles. The van der Waals surface area contributed by atoms with Crippen molar-refractivity contribution in [3.05, 3.63) is 34.5 Å². The Balaban J connectivity index is 2.02. The quantitative estimate of drug-likeness (QED) is 0.683. The first kappa shape index (κ1) is 14.1. The summed E-state index contributed by atoms with van der Waals surface area (Å²) in [4.78, 5) is 21.6. The van der Waals surface area contributed by atoms with Crippen molar-refractivity contribution >= 4 is 34.7 Å². The molecule has 1 amide bonds. The first-order valence-corrected chi connectivity index (χ1v) is 7.48. The number of aromatic amines is 1. The van der Waals surface area contributed by atoms with Crippen molar-refractivity contribution < 1.29 is 4.79 Å². The predicted molar refractivity (Wildman–Crippen MR) is 86.2 cm³/mol. The highest BCUT2D eigenvalue weighted by Gasteiger charge is 2.29. The molecule has 1 aliphatic rings. The van der Waals surface area contributed by atoms with Crippen LogP contribution in [0.5, 0.6) is 0 Å². The molecule has 110 valence electrons. The maximum Gasteiger partial charge on any atom is 0.256 e. The fraction of sp³-hybridized carbons (Fsp3) is 0.375. The number of aliphatic imine (C=N–C) groups is 1. The van der Waals surface area contributed by atoms with Crippen LogP contribution < -0.4 is 0 Å². The van der Waals surface area contributed by atoms with Crippen LogP contribution in [0.15, 0.2) is 23.2 Å². The van der Waals surface area contributed by atoms with Gasteiger partial charge in [0.15, 0.2) is 0 Å². The van der Waals surface area contributed by atoms with Gasteiger partial charge >= 0.3 is 0 Å². The van der Waals surface area contributed by atoms with Crippen molar-refractivity contribution in [3.63, 3.8) is 0 Å². The molecular formula is C16H18ClN3O. The second kappa shape index (κ2) is 5.53. The number of rotatable bonds is 2.